The smallest absolute Gasteiger partial charge is 0.451 e. The number of hydrogen-bond acceptors (Lipinski definition) is 3. The summed E-state index contributed by atoms with van der Waals surface area (Å²) in [6.07, 6.45) is -10.0. The molecular weight excluding hydrogens is 326 g/mol. The average Bonchev–Trinajstić information content (AvgIpc) is 2.45. The summed E-state index contributed by atoms with van der Waals surface area (Å²) in [5.74, 6) is -3.57. The Morgan fingerprint density at radius 2 is 1.61 bits per heavy atom. The van der Waals surface area contributed by atoms with Crippen LogP contribution in [0.4, 0.5) is 26.3 Å². The number of aromatic nitrogens is 2. The molecule has 0 aliphatic heterocycles. The van der Waals surface area contributed by atoms with Crippen LogP contribution in [-0.4, -0.2) is 21.3 Å². The van der Waals surface area contributed by atoms with Crippen molar-refractivity contribution in [3.63, 3.8) is 0 Å². The van der Waals surface area contributed by atoms with Gasteiger partial charge in [0, 0.05) is 10.6 Å². The van der Waals surface area contributed by atoms with Crippen molar-refractivity contribution < 1.29 is 31.4 Å². The third-order valence-electron chi connectivity index (χ3n) is 3.22. The van der Waals surface area contributed by atoms with E-state index in [1.807, 2.05) is 0 Å². The number of alkyl halides is 6. The first-order valence-corrected chi connectivity index (χ1v) is 6.16. The summed E-state index contributed by atoms with van der Waals surface area (Å²) in [4.78, 5) is 6.56. The predicted molar refractivity (Wildman–Crippen MR) is 69.4 cm³/mol. The Kier molecular flexibility index (Phi) is 3.13. The maximum absolute atomic E-state index is 12.9. The minimum Gasteiger partial charge on any atom is -0.504 e. The molecule has 3 rings (SSSR count). The summed E-state index contributed by atoms with van der Waals surface area (Å²) < 4.78 is 76.8. The largest absolute Gasteiger partial charge is 0.504 e. The van der Waals surface area contributed by atoms with Crippen LogP contribution in [-0.2, 0) is 6.18 Å². The third-order valence-corrected chi connectivity index (χ3v) is 3.22. The van der Waals surface area contributed by atoms with E-state index in [0.717, 1.165) is 6.07 Å². The van der Waals surface area contributed by atoms with Gasteiger partial charge >= 0.3 is 12.4 Å². The minimum absolute atomic E-state index is 0.0220. The van der Waals surface area contributed by atoms with E-state index in [2.05, 4.69) is 9.97 Å². The van der Waals surface area contributed by atoms with Crippen molar-refractivity contribution in [3.05, 3.63) is 41.4 Å². The number of aliphatic hydroxyl groups excluding tert-OH is 1. The molecule has 1 heterocycles. The van der Waals surface area contributed by atoms with Crippen molar-refractivity contribution in [1.82, 2.24) is 9.97 Å². The van der Waals surface area contributed by atoms with Crippen LogP contribution in [0.25, 0.3) is 27.6 Å². The average molecular weight is 332 g/mol. The summed E-state index contributed by atoms with van der Waals surface area (Å²) in [6, 6.07) is 6.30. The van der Waals surface area contributed by atoms with E-state index in [0.29, 0.717) is 5.39 Å². The fraction of sp³-hybridized carbons (Fsp3) is 0.143. The number of aliphatic hydroxyl groups is 1. The predicted octanol–water partition coefficient (Wildman–Crippen LogP) is 3.75. The Balaban J connectivity index is 2.57. The number of rotatable bonds is 0. The van der Waals surface area contributed by atoms with Crippen molar-refractivity contribution in [1.29, 1.82) is 0 Å². The lowest BCUT2D eigenvalue weighted by Crippen LogP contribution is -2.22. The highest BCUT2D eigenvalue weighted by atomic mass is 19.4. The van der Waals surface area contributed by atoms with Crippen molar-refractivity contribution in [3.8, 4) is 0 Å². The van der Waals surface area contributed by atoms with E-state index in [9.17, 15) is 31.4 Å². The molecule has 0 saturated carbocycles. The van der Waals surface area contributed by atoms with Gasteiger partial charge in [-0.15, -0.1) is 0 Å². The topological polar surface area (TPSA) is 46.0 Å². The lowest BCUT2D eigenvalue weighted by Gasteiger charge is -2.11. The fourth-order valence-corrected chi connectivity index (χ4v) is 2.27. The SMILES string of the molecule is O/C(=c1/ccc2cccc3nc(C(F)(F)F)nc1c23)C(F)(F)F. The van der Waals surface area contributed by atoms with Gasteiger partial charge in [-0.05, 0) is 17.5 Å². The maximum Gasteiger partial charge on any atom is 0.451 e. The van der Waals surface area contributed by atoms with Crippen LogP contribution >= 0.6 is 0 Å². The van der Waals surface area contributed by atoms with Gasteiger partial charge in [-0.3, -0.25) is 0 Å². The number of hydrogen-bond donors (Lipinski definition) is 1. The molecule has 120 valence electrons. The highest BCUT2D eigenvalue weighted by Gasteiger charge is 2.37. The Morgan fingerprint density at radius 3 is 2.22 bits per heavy atom. The summed E-state index contributed by atoms with van der Waals surface area (Å²) in [6.45, 7) is 0. The molecular formula is C14H6F6N2O. The van der Waals surface area contributed by atoms with Crippen LogP contribution in [0.15, 0.2) is 30.3 Å². The van der Waals surface area contributed by atoms with E-state index in [4.69, 9.17) is 0 Å². The summed E-state index contributed by atoms with van der Waals surface area (Å²) in [7, 11) is 0. The molecule has 0 unspecified atom stereocenters. The van der Waals surface area contributed by atoms with E-state index >= 15 is 0 Å². The zero-order valence-electron chi connectivity index (χ0n) is 11.0. The zero-order valence-corrected chi connectivity index (χ0v) is 11.0. The highest BCUT2D eigenvalue weighted by molar-refractivity contribution is 6.07. The van der Waals surface area contributed by atoms with Crippen LogP contribution in [0.2, 0.25) is 0 Å². The molecule has 0 aliphatic carbocycles. The second kappa shape index (κ2) is 4.71. The van der Waals surface area contributed by atoms with Gasteiger partial charge in [0.1, 0.15) is 0 Å². The highest BCUT2D eigenvalue weighted by Crippen LogP contribution is 2.31. The molecule has 0 atom stereocenters. The number of benzene rings is 2. The molecule has 0 amide bonds. The molecule has 1 aromatic heterocycles. The van der Waals surface area contributed by atoms with Gasteiger partial charge < -0.3 is 5.11 Å². The standard InChI is InChI=1S/C14H6F6N2O/c15-13(16,17)11(23)7-5-4-6-2-1-3-8-9(6)10(7)22-12(21-8)14(18,19)20/h1-5,23H/b11-7-. The van der Waals surface area contributed by atoms with Gasteiger partial charge in [-0.2, -0.15) is 26.3 Å². The first-order chi connectivity index (χ1) is 10.6. The maximum atomic E-state index is 12.9. The second-order valence-corrected chi connectivity index (χ2v) is 4.73. The molecule has 0 fully saturated rings. The summed E-state index contributed by atoms with van der Waals surface area (Å²) in [5, 5.41) is 8.91. The molecule has 23 heavy (non-hydrogen) atoms. The fourth-order valence-electron chi connectivity index (χ4n) is 2.27. The molecule has 2 aromatic carbocycles. The third kappa shape index (κ3) is 2.51. The number of nitrogens with zero attached hydrogens (tertiary/aromatic N) is 2. The second-order valence-electron chi connectivity index (χ2n) is 4.73. The molecule has 1 N–H and O–H groups in total. The van der Waals surface area contributed by atoms with Crippen molar-refractivity contribution in [2.75, 3.05) is 0 Å². The molecule has 0 saturated heterocycles. The first kappa shape index (κ1) is 15.3. The van der Waals surface area contributed by atoms with Crippen LogP contribution in [0.5, 0.6) is 0 Å². The van der Waals surface area contributed by atoms with Gasteiger partial charge in [0.2, 0.25) is 11.6 Å². The van der Waals surface area contributed by atoms with Crippen molar-refractivity contribution >= 4 is 27.6 Å². The quantitative estimate of drug-likeness (QED) is 0.638. The molecule has 9 heteroatoms. The van der Waals surface area contributed by atoms with Crippen molar-refractivity contribution in [2.24, 2.45) is 0 Å². The molecule has 0 radical (unpaired) electrons. The van der Waals surface area contributed by atoms with E-state index in [1.54, 1.807) is 0 Å². The van der Waals surface area contributed by atoms with Crippen LogP contribution in [0.3, 0.4) is 0 Å². The van der Waals surface area contributed by atoms with Gasteiger partial charge in [0.05, 0.1) is 11.0 Å². The minimum atomic E-state index is -5.11. The Bertz CT molecular complexity index is 961. The lowest BCUT2D eigenvalue weighted by atomic mass is 10.1. The Morgan fingerprint density at radius 1 is 0.913 bits per heavy atom. The van der Waals surface area contributed by atoms with Gasteiger partial charge in [-0.25, -0.2) is 9.97 Å². The van der Waals surface area contributed by atoms with E-state index < -0.39 is 34.7 Å². The summed E-state index contributed by atoms with van der Waals surface area (Å²) in [5.41, 5.74) is -0.758. The molecule has 3 nitrogen and oxygen atoms in total. The van der Waals surface area contributed by atoms with E-state index in [-0.39, 0.29) is 10.9 Å². The van der Waals surface area contributed by atoms with Crippen LogP contribution in [0.1, 0.15) is 5.82 Å². The molecule has 0 bridgehead atoms. The van der Waals surface area contributed by atoms with Gasteiger partial charge in [0.15, 0.2) is 0 Å². The van der Waals surface area contributed by atoms with Crippen molar-refractivity contribution in [2.45, 2.75) is 12.4 Å². The Hall–Kier alpha value is -2.58. The van der Waals surface area contributed by atoms with E-state index in [1.165, 1.54) is 24.3 Å². The van der Waals surface area contributed by atoms with Crippen LogP contribution < -0.4 is 5.22 Å². The molecule has 0 spiro atoms. The normalized spacial score (nSPS) is 14.5. The number of halogens is 6. The lowest BCUT2D eigenvalue weighted by molar-refractivity contribution is -0.144. The van der Waals surface area contributed by atoms with Gasteiger partial charge in [0.25, 0.3) is 0 Å². The summed E-state index contributed by atoms with van der Waals surface area (Å²) >= 11 is 0. The van der Waals surface area contributed by atoms with Gasteiger partial charge in [-0.1, -0.05) is 18.2 Å². The van der Waals surface area contributed by atoms with Crippen LogP contribution in [0, 0.1) is 0 Å². The first-order valence-electron chi connectivity index (χ1n) is 6.16. The molecule has 3 aromatic rings. The Labute approximate surface area is 123 Å². The molecule has 0 aliphatic rings. The monoisotopic (exact) mass is 332 g/mol. The zero-order chi connectivity index (χ0) is 17.0.